The van der Waals surface area contributed by atoms with Crippen molar-refractivity contribution in [3.05, 3.63) is 12.2 Å². The predicted molar refractivity (Wildman–Crippen MR) is 67.8 cm³/mol. The molecule has 2 N–H and O–H groups in total. The Kier molecular flexibility index (Phi) is 13.2. The fourth-order valence-electron chi connectivity index (χ4n) is 0.959. The number of carbonyl (C=O) groups is 3. The second-order valence-electron chi connectivity index (χ2n) is 3.13. The van der Waals surface area contributed by atoms with Crippen LogP contribution >= 0.6 is 0 Å². The molecule has 0 aliphatic rings. The Hall–Kier alpha value is -1.65. The summed E-state index contributed by atoms with van der Waals surface area (Å²) in [7, 11) is 0. The lowest BCUT2D eigenvalue weighted by atomic mass is 10.1. The fraction of sp³-hybridized carbons (Fsp3) is 0.583. The predicted octanol–water partition coefficient (Wildman–Crippen LogP) is 1.77. The first kappa shape index (κ1) is 20.7. The smallest absolute Gasteiger partial charge is 0.326 e. The molecule has 1 atom stereocenters. The maximum Gasteiger partial charge on any atom is 0.326 e. The molecule has 0 saturated heterocycles. The van der Waals surface area contributed by atoms with Gasteiger partial charge < -0.3 is 10.4 Å². The van der Waals surface area contributed by atoms with Gasteiger partial charge in [0.1, 0.15) is 6.04 Å². The van der Waals surface area contributed by atoms with Crippen LogP contribution in [0.5, 0.6) is 0 Å². The van der Waals surface area contributed by atoms with E-state index in [2.05, 4.69) is 5.32 Å². The maximum atomic E-state index is 11.1. The van der Waals surface area contributed by atoms with Crippen LogP contribution in [0.25, 0.3) is 0 Å². The quantitative estimate of drug-likeness (QED) is 0.698. The van der Waals surface area contributed by atoms with E-state index in [9.17, 15) is 14.4 Å². The summed E-state index contributed by atoms with van der Waals surface area (Å²) in [4.78, 5) is 32.3. The van der Waals surface area contributed by atoms with Crippen LogP contribution in [0.1, 0.15) is 41.5 Å². The summed E-state index contributed by atoms with van der Waals surface area (Å²) in [6.07, 6.45) is 3.16. The van der Waals surface area contributed by atoms with Crippen molar-refractivity contribution in [2.45, 2.75) is 47.6 Å². The van der Waals surface area contributed by atoms with Crippen molar-refractivity contribution in [1.82, 2.24) is 5.32 Å². The van der Waals surface area contributed by atoms with Crippen molar-refractivity contribution in [3.8, 4) is 0 Å². The molecule has 0 aromatic heterocycles. The molecule has 0 spiro atoms. The molecule has 5 nitrogen and oxygen atoms in total. The number of amides is 1. The molecular formula is C12H23NO4. The molecule has 0 bridgehead atoms. The monoisotopic (exact) mass is 245 g/mol. The minimum Gasteiger partial charge on any atom is -0.480 e. The number of carbonyl (C=O) groups excluding carboxylic acids is 2. The fourth-order valence-corrected chi connectivity index (χ4v) is 0.959. The van der Waals surface area contributed by atoms with Crippen molar-refractivity contribution in [3.63, 3.8) is 0 Å². The molecular weight excluding hydrogens is 222 g/mol. The van der Waals surface area contributed by atoms with E-state index < -0.39 is 17.9 Å². The molecule has 0 aromatic rings. The number of aliphatic carboxylic acids is 1. The molecule has 0 rings (SSSR count). The van der Waals surface area contributed by atoms with E-state index in [-0.39, 0.29) is 20.6 Å². The number of carboxylic acid groups (broad SMARTS) is 1. The molecule has 17 heavy (non-hydrogen) atoms. The molecule has 0 radical (unpaired) electrons. The van der Waals surface area contributed by atoms with Crippen LogP contribution < -0.4 is 5.32 Å². The highest BCUT2D eigenvalue weighted by Crippen LogP contribution is 1.96. The minimum atomic E-state index is -1.07. The standard InChI is InChI=1S/C10H15NO4.2CH4/c1-3-4-8(10(14)15)11-9(13)6-5-7(2)12;;/h5-6,8H,3-4H2,1-2H3,(H,11,13)(H,14,15);2*1H4/b6-5+;;/t8-;;/m0../s1. The number of nitrogens with one attached hydrogen (secondary N) is 1. The van der Waals surface area contributed by atoms with Gasteiger partial charge in [0.2, 0.25) is 5.91 Å². The second kappa shape index (κ2) is 10.9. The molecule has 0 aliphatic carbocycles. The van der Waals surface area contributed by atoms with Gasteiger partial charge in [-0.15, -0.1) is 0 Å². The van der Waals surface area contributed by atoms with Gasteiger partial charge in [0.15, 0.2) is 5.78 Å². The van der Waals surface area contributed by atoms with Crippen molar-refractivity contribution in [2.24, 2.45) is 0 Å². The van der Waals surface area contributed by atoms with Crippen LogP contribution in [0, 0.1) is 0 Å². The number of ketones is 1. The van der Waals surface area contributed by atoms with Crippen LogP contribution in [-0.2, 0) is 14.4 Å². The molecule has 100 valence electrons. The largest absolute Gasteiger partial charge is 0.480 e. The normalized spacial score (nSPS) is 10.9. The SMILES string of the molecule is C.C.CCC[C@H](NC(=O)/C=C/C(C)=O)C(=O)O. The summed E-state index contributed by atoms with van der Waals surface area (Å²) < 4.78 is 0. The molecule has 0 aromatic carbocycles. The maximum absolute atomic E-state index is 11.1. The Morgan fingerprint density at radius 2 is 1.76 bits per heavy atom. The first-order valence-corrected chi connectivity index (χ1v) is 4.69. The number of allylic oxidation sites excluding steroid dienone is 1. The third-order valence-electron chi connectivity index (χ3n) is 1.66. The third kappa shape index (κ3) is 10.6. The minimum absolute atomic E-state index is 0. The molecule has 0 aliphatic heterocycles. The van der Waals surface area contributed by atoms with Gasteiger partial charge in [0.25, 0.3) is 0 Å². The summed E-state index contributed by atoms with van der Waals surface area (Å²) in [5.74, 6) is -1.89. The number of hydrogen-bond donors (Lipinski definition) is 2. The van der Waals surface area contributed by atoms with Crippen molar-refractivity contribution < 1.29 is 19.5 Å². The number of carboxylic acids is 1. The lowest BCUT2D eigenvalue weighted by Crippen LogP contribution is -2.39. The highest BCUT2D eigenvalue weighted by molar-refractivity contribution is 5.97. The lowest BCUT2D eigenvalue weighted by molar-refractivity contribution is -0.141. The van der Waals surface area contributed by atoms with Crippen LogP contribution in [-0.4, -0.2) is 28.8 Å². The highest BCUT2D eigenvalue weighted by atomic mass is 16.4. The van der Waals surface area contributed by atoms with E-state index in [1.807, 2.05) is 6.92 Å². The molecule has 0 saturated carbocycles. The highest BCUT2D eigenvalue weighted by Gasteiger charge is 2.17. The summed E-state index contributed by atoms with van der Waals surface area (Å²) >= 11 is 0. The Balaban J connectivity index is -0.000000980. The van der Waals surface area contributed by atoms with E-state index in [0.717, 1.165) is 12.2 Å². The van der Waals surface area contributed by atoms with E-state index in [1.54, 1.807) is 0 Å². The van der Waals surface area contributed by atoms with E-state index >= 15 is 0 Å². The van der Waals surface area contributed by atoms with Crippen LogP contribution in [0.15, 0.2) is 12.2 Å². The number of rotatable bonds is 6. The van der Waals surface area contributed by atoms with Crippen molar-refractivity contribution in [2.75, 3.05) is 0 Å². The second-order valence-corrected chi connectivity index (χ2v) is 3.13. The van der Waals surface area contributed by atoms with E-state index in [1.165, 1.54) is 6.92 Å². The van der Waals surface area contributed by atoms with Crippen LogP contribution in [0.4, 0.5) is 0 Å². The van der Waals surface area contributed by atoms with Gasteiger partial charge >= 0.3 is 5.97 Å². The Morgan fingerprint density at radius 1 is 1.24 bits per heavy atom. The molecule has 0 fully saturated rings. The van der Waals surface area contributed by atoms with Gasteiger partial charge in [-0.3, -0.25) is 9.59 Å². The molecule has 0 heterocycles. The first-order chi connectivity index (χ1) is 6.97. The van der Waals surface area contributed by atoms with Gasteiger partial charge in [-0.2, -0.15) is 0 Å². The zero-order valence-electron chi connectivity index (χ0n) is 8.82. The summed E-state index contributed by atoms with van der Waals surface area (Å²) in [5.41, 5.74) is 0. The average molecular weight is 245 g/mol. The lowest BCUT2D eigenvalue weighted by Gasteiger charge is -2.11. The van der Waals surface area contributed by atoms with Gasteiger partial charge in [0, 0.05) is 6.08 Å². The zero-order valence-corrected chi connectivity index (χ0v) is 8.82. The Bertz CT molecular complexity index is 284. The molecule has 0 unspecified atom stereocenters. The van der Waals surface area contributed by atoms with Gasteiger partial charge in [0.05, 0.1) is 0 Å². The van der Waals surface area contributed by atoms with E-state index in [4.69, 9.17) is 5.11 Å². The zero-order chi connectivity index (χ0) is 11.8. The topological polar surface area (TPSA) is 83.5 Å². The summed E-state index contributed by atoms with van der Waals surface area (Å²) in [5, 5.41) is 11.0. The molecule has 5 heteroatoms. The summed E-state index contributed by atoms with van der Waals surface area (Å²) in [6.45, 7) is 3.14. The Morgan fingerprint density at radius 3 is 2.12 bits per heavy atom. The molecule has 1 amide bonds. The van der Waals surface area contributed by atoms with Gasteiger partial charge in [-0.1, -0.05) is 28.2 Å². The van der Waals surface area contributed by atoms with Gasteiger partial charge in [-0.25, -0.2) is 4.79 Å². The third-order valence-corrected chi connectivity index (χ3v) is 1.66. The summed E-state index contributed by atoms with van der Waals surface area (Å²) in [6, 6.07) is -0.890. The average Bonchev–Trinajstić information content (AvgIpc) is 2.14. The van der Waals surface area contributed by atoms with E-state index in [0.29, 0.717) is 12.8 Å². The number of hydrogen-bond acceptors (Lipinski definition) is 3. The van der Waals surface area contributed by atoms with Crippen molar-refractivity contribution >= 4 is 17.7 Å². The van der Waals surface area contributed by atoms with Crippen LogP contribution in [0.3, 0.4) is 0 Å². The Labute approximate surface area is 103 Å². The van der Waals surface area contributed by atoms with Gasteiger partial charge in [-0.05, 0) is 19.4 Å². The van der Waals surface area contributed by atoms with Crippen LogP contribution in [0.2, 0.25) is 0 Å². The first-order valence-electron chi connectivity index (χ1n) is 4.69. The van der Waals surface area contributed by atoms with Crippen molar-refractivity contribution in [1.29, 1.82) is 0 Å².